The van der Waals surface area contributed by atoms with E-state index in [4.69, 9.17) is 0 Å². The van der Waals surface area contributed by atoms with Gasteiger partial charge in [-0.05, 0) is 0 Å². The maximum Gasteiger partial charge on any atom is 0.483 e. The fourth-order valence-electron chi connectivity index (χ4n) is 1.55. The second kappa shape index (κ2) is 5.16. The standard InChI is InChI=1S/C8F16OS/c9-1(10)2(11,12)4(15,16)6(19,20)8(23,24)26(25)7(21,22)5(17,18)3(1,13)14. The van der Waals surface area contributed by atoms with Crippen LogP contribution in [-0.4, -0.2) is 50.6 Å². The van der Waals surface area contributed by atoms with Crippen LogP contribution < -0.4 is 0 Å². The Morgan fingerprint density at radius 3 is 0.692 bits per heavy atom. The molecule has 0 saturated carbocycles. The summed E-state index contributed by atoms with van der Waals surface area (Å²) >= 11 is -6.79. The fraction of sp³-hybridized carbons (Fsp3) is 1.00. The van der Waals surface area contributed by atoms with Crippen LogP contribution in [0.5, 0.6) is 0 Å². The van der Waals surface area contributed by atoms with E-state index < -0.39 is 57.2 Å². The minimum Gasteiger partial charge on any atom is -0.607 e. The Kier molecular flexibility index (Phi) is 4.61. The van der Waals surface area contributed by atoms with E-state index in [0.29, 0.717) is 0 Å². The zero-order valence-corrected chi connectivity index (χ0v) is 11.7. The predicted octanol–water partition coefficient (Wildman–Crippen LogP) is 4.75. The van der Waals surface area contributed by atoms with E-state index >= 15 is 0 Å². The van der Waals surface area contributed by atoms with Crippen molar-refractivity contribution in [3.8, 4) is 0 Å². The van der Waals surface area contributed by atoms with Crippen LogP contribution in [0.4, 0.5) is 70.2 Å². The van der Waals surface area contributed by atoms with Crippen LogP contribution >= 0.6 is 0 Å². The molecular formula is C8F16OS. The normalized spacial score (nSPS) is 33.6. The van der Waals surface area contributed by atoms with Crippen molar-refractivity contribution in [3.63, 3.8) is 0 Å². The maximum atomic E-state index is 13.0. The van der Waals surface area contributed by atoms with E-state index in [0.717, 1.165) is 0 Å². The molecule has 1 fully saturated rings. The molecule has 1 heterocycles. The monoisotopic (exact) mass is 448 g/mol. The summed E-state index contributed by atoms with van der Waals surface area (Å²) in [6, 6.07) is 0. The molecule has 1 aliphatic rings. The van der Waals surface area contributed by atoms with Crippen molar-refractivity contribution >= 4 is 11.2 Å². The number of hydrogen-bond donors (Lipinski definition) is 0. The average Bonchev–Trinajstić information content (AvgIpc) is 2.43. The highest BCUT2D eigenvalue weighted by molar-refractivity contribution is 7.93. The first kappa shape index (κ1) is 23.2. The molecular weight excluding hydrogens is 448 g/mol. The molecule has 1 rings (SSSR count). The minimum absolute atomic E-state index is 6.79. The average molecular weight is 448 g/mol. The fourth-order valence-corrected chi connectivity index (χ4v) is 2.59. The molecule has 1 nitrogen and oxygen atoms in total. The number of rotatable bonds is 0. The van der Waals surface area contributed by atoms with Crippen LogP contribution in [0.1, 0.15) is 0 Å². The lowest BCUT2D eigenvalue weighted by molar-refractivity contribution is -0.439. The van der Waals surface area contributed by atoms with Crippen LogP contribution in [0.2, 0.25) is 0 Å². The van der Waals surface area contributed by atoms with Gasteiger partial charge in [-0.1, -0.05) is 0 Å². The van der Waals surface area contributed by atoms with Crippen LogP contribution in [0.25, 0.3) is 0 Å². The summed E-state index contributed by atoms with van der Waals surface area (Å²) in [5.41, 5.74) is 0. The minimum atomic E-state index is -8.43. The van der Waals surface area contributed by atoms with Crippen LogP contribution in [0.15, 0.2) is 0 Å². The van der Waals surface area contributed by atoms with Gasteiger partial charge in [0.15, 0.2) is 0 Å². The Labute approximate surface area is 133 Å². The topological polar surface area (TPSA) is 23.1 Å². The van der Waals surface area contributed by atoms with Gasteiger partial charge in [0.1, 0.15) is 11.2 Å². The van der Waals surface area contributed by atoms with Crippen LogP contribution in [0, 0.1) is 0 Å². The molecule has 156 valence electrons. The molecule has 0 bridgehead atoms. The molecule has 0 atom stereocenters. The summed E-state index contributed by atoms with van der Waals surface area (Å²) in [6.45, 7) is 0. The summed E-state index contributed by atoms with van der Waals surface area (Å²) < 4.78 is 218. The summed E-state index contributed by atoms with van der Waals surface area (Å²) in [5.74, 6) is -49.8. The maximum absolute atomic E-state index is 13.0. The largest absolute Gasteiger partial charge is 0.607 e. The van der Waals surface area contributed by atoms with Crippen molar-refractivity contribution in [1.29, 1.82) is 0 Å². The van der Waals surface area contributed by atoms with Crippen molar-refractivity contribution in [1.82, 2.24) is 0 Å². The molecule has 0 aromatic rings. The van der Waals surface area contributed by atoms with Gasteiger partial charge in [0.2, 0.25) is 0 Å². The highest BCUT2D eigenvalue weighted by Gasteiger charge is 3.01. The number of alkyl halides is 16. The van der Waals surface area contributed by atoms with Gasteiger partial charge in [0, 0.05) is 0 Å². The first-order valence-electron chi connectivity index (χ1n) is 5.35. The highest BCUT2D eigenvalue weighted by atomic mass is 32.2. The third kappa shape index (κ3) is 2.07. The van der Waals surface area contributed by atoms with Gasteiger partial charge in [-0.2, -0.15) is 52.7 Å². The Morgan fingerprint density at radius 2 is 0.500 bits per heavy atom. The van der Waals surface area contributed by atoms with E-state index in [9.17, 15) is 74.8 Å². The SMILES string of the molecule is [O-][S+]1C(F)(F)C(F)(F)C(F)(F)C(F)(F)C(F)(F)C(F)(F)C(F)(F)C1(F)F. The second-order valence-electron chi connectivity index (χ2n) is 4.75. The van der Waals surface area contributed by atoms with Gasteiger partial charge in [-0.25, -0.2) is 0 Å². The first-order valence-corrected chi connectivity index (χ1v) is 6.50. The molecule has 0 N–H and O–H groups in total. The van der Waals surface area contributed by atoms with E-state index in [1.807, 2.05) is 0 Å². The Morgan fingerprint density at radius 1 is 0.346 bits per heavy atom. The Hall–Kier alpha value is -0.810. The lowest BCUT2D eigenvalue weighted by atomic mass is 9.91. The first-order chi connectivity index (χ1) is 10.9. The molecule has 0 radical (unpaired) electrons. The van der Waals surface area contributed by atoms with Crippen molar-refractivity contribution in [2.45, 2.75) is 46.0 Å². The van der Waals surface area contributed by atoms with Crippen molar-refractivity contribution in [2.24, 2.45) is 0 Å². The highest BCUT2D eigenvalue weighted by Crippen LogP contribution is 2.68. The molecule has 0 unspecified atom stereocenters. The van der Waals surface area contributed by atoms with Crippen LogP contribution in [-0.2, 0) is 11.2 Å². The molecule has 26 heavy (non-hydrogen) atoms. The lowest BCUT2D eigenvalue weighted by Crippen LogP contribution is -2.72. The predicted molar refractivity (Wildman–Crippen MR) is 47.7 cm³/mol. The Bertz CT molecular complexity index is 531. The summed E-state index contributed by atoms with van der Waals surface area (Å²) in [6.07, 6.45) is 0. The summed E-state index contributed by atoms with van der Waals surface area (Å²) in [7, 11) is 0. The molecule has 0 aromatic heterocycles. The molecule has 18 heteroatoms. The molecule has 1 saturated heterocycles. The van der Waals surface area contributed by atoms with E-state index in [1.165, 1.54) is 0 Å². The zero-order valence-electron chi connectivity index (χ0n) is 10.9. The Balaban J connectivity index is 4.14. The third-order valence-corrected chi connectivity index (χ3v) is 4.61. The van der Waals surface area contributed by atoms with Gasteiger partial charge >= 0.3 is 46.0 Å². The number of hydrogen-bond acceptors (Lipinski definition) is 1. The van der Waals surface area contributed by atoms with Crippen molar-refractivity contribution in [2.75, 3.05) is 0 Å². The molecule has 0 spiro atoms. The lowest BCUT2D eigenvalue weighted by Gasteiger charge is -2.39. The van der Waals surface area contributed by atoms with Crippen LogP contribution in [0.3, 0.4) is 0 Å². The smallest absolute Gasteiger partial charge is 0.483 e. The molecule has 0 aromatic carbocycles. The van der Waals surface area contributed by atoms with E-state index in [-0.39, 0.29) is 0 Å². The van der Waals surface area contributed by atoms with E-state index in [1.54, 1.807) is 0 Å². The van der Waals surface area contributed by atoms with Gasteiger partial charge < -0.3 is 4.55 Å². The second-order valence-corrected chi connectivity index (χ2v) is 6.31. The quantitative estimate of drug-likeness (QED) is 0.388. The molecule has 0 aliphatic carbocycles. The van der Waals surface area contributed by atoms with Crippen molar-refractivity contribution < 1.29 is 74.8 Å². The van der Waals surface area contributed by atoms with Gasteiger partial charge in [-0.15, -0.1) is 17.6 Å². The number of halogens is 16. The van der Waals surface area contributed by atoms with Gasteiger partial charge in [0.05, 0.1) is 0 Å². The van der Waals surface area contributed by atoms with Gasteiger partial charge in [-0.3, -0.25) is 0 Å². The van der Waals surface area contributed by atoms with Crippen molar-refractivity contribution in [3.05, 3.63) is 0 Å². The molecule has 1 aliphatic heterocycles. The third-order valence-electron chi connectivity index (χ3n) is 3.17. The zero-order chi connectivity index (χ0) is 21.6. The molecule has 0 amide bonds. The summed E-state index contributed by atoms with van der Waals surface area (Å²) in [5, 5.41) is -15.5. The van der Waals surface area contributed by atoms with Gasteiger partial charge in [0.25, 0.3) is 0 Å². The summed E-state index contributed by atoms with van der Waals surface area (Å²) in [4.78, 5) is 0. The van der Waals surface area contributed by atoms with E-state index in [2.05, 4.69) is 0 Å².